The van der Waals surface area contributed by atoms with E-state index in [4.69, 9.17) is 17.3 Å². The molecule has 0 spiro atoms. The second-order valence-corrected chi connectivity index (χ2v) is 7.20. The Labute approximate surface area is 158 Å². The predicted molar refractivity (Wildman–Crippen MR) is 105 cm³/mol. The zero-order valence-electron chi connectivity index (χ0n) is 13.4. The number of rotatable bonds is 4. The van der Waals surface area contributed by atoms with Crippen LogP contribution in [0.2, 0.25) is 5.15 Å². The van der Waals surface area contributed by atoms with E-state index in [9.17, 15) is 9.90 Å². The minimum atomic E-state index is -1.06. The molecule has 2 aromatic heterocycles. The van der Waals surface area contributed by atoms with Crippen molar-refractivity contribution in [2.75, 3.05) is 5.32 Å². The van der Waals surface area contributed by atoms with Crippen LogP contribution in [0.15, 0.2) is 48.5 Å². The lowest BCUT2D eigenvalue weighted by atomic mass is 10.1. The van der Waals surface area contributed by atoms with Crippen LogP contribution < -0.4 is 11.1 Å². The third kappa shape index (κ3) is 2.83. The number of thiophene rings is 1. The van der Waals surface area contributed by atoms with E-state index in [-0.39, 0.29) is 16.6 Å². The van der Waals surface area contributed by atoms with E-state index < -0.39 is 5.91 Å². The van der Waals surface area contributed by atoms with Crippen LogP contribution in [0.4, 0.5) is 5.69 Å². The molecule has 1 radical (unpaired) electrons. The molecule has 4 aromatic rings. The van der Waals surface area contributed by atoms with Gasteiger partial charge in [0.15, 0.2) is 11.4 Å². The lowest BCUT2D eigenvalue weighted by molar-refractivity contribution is 0.0985. The van der Waals surface area contributed by atoms with Gasteiger partial charge in [0, 0.05) is 27.7 Å². The van der Waals surface area contributed by atoms with Crippen LogP contribution in [-0.4, -0.2) is 16.0 Å². The normalized spacial score (nSPS) is 11.1. The Hall–Kier alpha value is -2.83. The lowest BCUT2D eigenvalue weighted by Gasteiger charge is -2.07. The number of hydrogen-bond acceptors (Lipinski definition) is 5. The molecular formula is C19H13ClN3O2S. The monoisotopic (exact) mass is 382 g/mol. The summed E-state index contributed by atoms with van der Waals surface area (Å²) in [5.74, 6) is -1.35. The first-order chi connectivity index (χ1) is 12.5. The first-order valence-corrected chi connectivity index (χ1v) is 9.02. The summed E-state index contributed by atoms with van der Waals surface area (Å²) in [6, 6.07) is 15.9. The number of halogens is 1. The highest BCUT2D eigenvalue weighted by molar-refractivity contribution is 7.26. The van der Waals surface area contributed by atoms with Crippen LogP contribution in [0.3, 0.4) is 0 Å². The van der Waals surface area contributed by atoms with Crippen LogP contribution in [0, 0.1) is 0 Å². The molecule has 0 saturated carbocycles. The number of aromatic nitrogens is 1. The van der Waals surface area contributed by atoms with E-state index in [1.165, 1.54) is 16.9 Å². The molecule has 0 aliphatic rings. The zero-order valence-corrected chi connectivity index (χ0v) is 15.0. The third-order valence-corrected chi connectivity index (χ3v) is 5.55. The third-order valence-electron chi connectivity index (χ3n) is 4.10. The van der Waals surface area contributed by atoms with Crippen molar-refractivity contribution in [1.82, 2.24) is 10.7 Å². The topological polar surface area (TPSA) is 86.0 Å². The number of carbonyl (C=O) groups excluding carboxylic acids is 1. The smallest absolute Gasteiger partial charge is 0.292 e. The van der Waals surface area contributed by atoms with E-state index in [1.54, 1.807) is 0 Å². The largest absolute Gasteiger partial charge is 0.504 e. The molecule has 2 aromatic carbocycles. The maximum Gasteiger partial charge on any atom is 0.292 e. The maximum atomic E-state index is 11.3. The Morgan fingerprint density at radius 1 is 1.23 bits per heavy atom. The highest BCUT2D eigenvalue weighted by Gasteiger charge is 2.20. The van der Waals surface area contributed by atoms with Crippen molar-refractivity contribution in [3.8, 4) is 5.75 Å². The average Bonchev–Trinajstić information content (AvgIpc) is 3.03. The number of fused-ring (bicyclic) bond motifs is 3. The van der Waals surface area contributed by atoms with Crippen molar-refractivity contribution in [1.29, 1.82) is 0 Å². The summed E-state index contributed by atoms with van der Waals surface area (Å²) in [4.78, 5) is 15.2. The Morgan fingerprint density at radius 3 is 2.73 bits per heavy atom. The van der Waals surface area contributed by atoms with Crippen LogP contribution in [0.1, 0.15) is 16.1 Å². The van der Waals surface area contributed by atoms with Gasteiger partial charge in [0.25, 0.3) is 5.91 Å². The van der Waals surface area contributed by atoms with E-state index in [2.05, 4.69) is 10.3 Å². The van der Waals surface area contributed by atoms with Crippen LogP contribution in [0.25, 0.3) is 20.2 Å². The first kappa shape index (κ1) is 16.6. The fourth-order valence-electron chi connectivity index (χ4n) is 2.85. The Morgan fingerprint density at radius 2 is 2.00 bits per heavy atom. The van der Waals surface area contributed by atoms with E-state index >= 15 is 0 Å². The summed E-state index contributed by atoms with van der Waals surface area (Å²) in [5, 5.41) is 15.2. The number of aromatic hydroxyl groups is 1. The van der Waals surface area contributed by atoms with Gasteiger partial charge in [-0.3, -0.25) is 10.5 Å². The minimum absolute atomic E-state index is 0.111. The summed E-state index contributed by atoms with van der Waals surface area (Å²) >= 11 is 7.57. The molecule has 2 heterocycles. The summed E-state index contributed by atoms with van der Waals surface area (Å²) in [6.45, 7) is 0.684. The van der Waals surface area contributed by atoms with Crippen molar-refractivity contribution in [3.63, 3.8) is 0 Å². The van der Waals surface area contributed by atoms with Crippen LogP contribution in [-0.2, 0) is 6.54 Å². The lowest BCUT2D eigenvalue weighted by Crippen LogP contribution is -2.03. The summed E-state index contributed by atoms with van der Waals surface area (Å²) < 4.78 is 1.38. The number of carbonyl (C=O) groups is 1. The van der Waals surface area contributed by atoms with E-state index in [1.807, 2.05) is 48.5 Å². The Bertz CT molecular complexity index is 1140. The van der Waals surface area contributed by atoms with Crippen molar-refractivity contribution >= 4 is 54.7 Å². The van der Waals surface area contributed by atoms with Crippen molar-refractivity contribution in [3.05, 3.63) is 64.9 Å². The highest BCUT2D eigenvalue weighted by Crippen LogP contribution is 2.43. The number of pyridine rings is 1. The molecule has 0 saturated heterocycles. The number of nitrogens with one attached hydrogen (secondary N) is 2. The average molecular weight is 383 g/mol. The maximum absolute atomic E-state index is 11.3. The predicted octanol–water partition coefficient (Wildman–Crippen LogP) is 4.84. The molecule has 26 heavy (non-hydrogen) atoms. The summed E-state index contributed by atoms with van der Waals surface area (Å²) in [7, 11) is 0. The molecular weight excluding hydrogens is 370 g/mol. The molecule has 4 rings (SSSR count). The van der Waals surface area contributed by atoms with E-state index in [0.29, 0.717) is 16.6 Å². The van der Waals surface area contributed by atoms with Gasteiger partial charge in [0.2, 0.25) is 0 Å². The summed E-state index contributed by atoms with van der Waals surface area (Å²) in [6.07, 6.45) is 0. The molecule has 3 N–H and O–H groups in total. The standard InChI is InChI=1S/C19H13ClN3O2S/c20-18-14-12-8-11(22-9-10-4-2-1-3-5-10)6-7-13(12)26-17(14)16(24)15(23-18)19(21)25/h1-8,21-22,24H,9H2. The second kappa shape index (κ2) is 6.48. The van der Waals surface area contributed by atoms with Gasteiger partial charge in [-0.1, -0.05) is 41.9 Å². The molecule has 1 amide bonds. The molecule has 7 heteroatoms. The molecule has 129 valence electrons. The zero-order chi connectivity index (χ0) is 18.3. The number of benzene rings is 2. The molecule has 0 aliphatic carbocycles. The van der Waals surface area contributed by atoms with Gasteiger partial charge in [0.05, 0.1) is 4.70 Å². The van der Waals surface area contributed by atoms with Crippen molar-refractivity contribution < 1.29 is 9.90 Å². The molecule has 5 nitrogen and oxygen atoms in total. The number of amides is 1. The molecule has 0 fully saturated rings. The Balaban J connectivity index is 1.79. The molecule has 0 atom stereocenters. The van der Waals surface area contributed by atoms with Gasteiger partial charge in [0.1, 0.15) is 5.15 Å². The van der Waals surface area contributed by atoms with Crippen LogP contribution in [0.5, 0.6) is 5.75 Å². The van der Waals surface area contributed by atoms with Crippen molar-refractivity contribution in [2.45, 2.75) is 6.54 Å². The molecule has 0 unspecified atom stereocenters. The second-order valence-electron chi connectivity index (χ2n) is 5.79. The summed E-state index contributed by atoms with van der Waals surface area (Å²) in [5.41, 5.74) is 8.97. The fraction of sp³-hybridized carbons (Fsp3) is 0.0526. The minimum Gasteiger partial charge on any atom is -0.504 e. The SMILES string of the molecule is [NH]C(=O)c1nc(Cl)c2c(sc3ccc(NCc4ccccc4)cc32)c1O. The molecule has 0 bridgehead atoms. The number of hydrogen-bond donors (Lipinski definition) is 2. The first-order valence-electron chi connectivity index (χ1n) is 7.83. The number of anilines is 1. The van der Waals surface area contributed by atoms with Crippen LogP contribution >= 0.6 is 22.9 Å². The number of nitrogens with zero attached hydrogens (tertiary/aromatic N) is 1. The Kier molecular flexibility index (Phi) is 4.14. The van der Waals surface area contributed by atoms with Gasteiger partial charge in [-0.05, 0) is 23.8 Å². The molecule has 0 aliphatic heterocycles. The van der Waals surface area contributed by atoms with Crippen molar-refractivity contribution in [2.24, 2.45) is 0 Å². The highest BCUT2D eigenvalue weighted by atomic mass is 35.5. The van der Waals surface area contributed by atoms with Gasteiger partial charge in [-0.25, -0.2) is 4.98 Å². The van der Waals surface area contributed by atoms with Gasteiger partial charge >= 0.3 is 0 Å². The van der Waals surface area contributed by atoms with Gasteiger partial charge in [-0.2, -0.15) is 0 Å². The van der Waals surface area contributed by atoms with Gasteiger partial charge in [-0.15, -0.1) is 11.3 Å². The van der Waals surface area contributed by atoms with E-state index in [0.717, 1.165) is 15.8 Å². The van der Waals surface area contributed by atoms with Gasteiger partial charge < -0.3 is 10.4 Å². The quantitative estimate of drug-likeness (QED) is 0.494. The fourth-order valence-corrected chi connectivity index (χ4v) is 4.32.